The maximum absolute atomic E-state index is 12.5. The van der Waals surface area contributed by atoms with Crippen LogP contribution in [0.15, 0.2) is 56.5 Å². The van der Waals surface area contributed by atoms with Gasteiger partial charge in [0.15, 0.2) is 5.84 Å². The quantitative estimate of drug-likeness (QED) is 0.473. The van der Waals surface area contributed by atoms with E-state index >= 15 is 0 Å². The molecule has 0 saturated heterocycles. The number of nitrogens with one attached hydrogen (secondary N) is 1. The molecule has 0 unspecified atom stereocenters. The summed E-state index contributed by atoms with van der Waals surface area (Å²) >= 11 is 1.34. The molecule has 3 heterocycles. The number of carboxylic acid groups (broad SMARTS) is 1. The molecule has 2 N–H and O–H groups in total. The number of aliphatic imine (C=N–C) groups is 1. The van der Waals surface area contributed by atoms with Gasteiger partial charge in [-0.3, -0.25) is 10.2 Å². The number of thioether (sulfide) groups is 1. The largest absolute Gasteiger partial charge is 0.478 e. The number of unbranched alkanes of at least 4 members (excludes halogenated alkanes) is 2. The van der Waals surface area contributed by atoms with Crippen LogP contribution in [0, 0.1) is 5.41 Å². The van der Waals surface area contributed by atoms with Crippen LogP contribution in [0.1, 0.15) is 48.7 Å². The first-order chi connectivity index (χ1) is 15.0. The molecule has 9 heteroatoms. The highest BCUT2D eigenvalue weighted by molar-refractivity contribution is 8.26. The van der Waals surface area contributed by atoms with E-state index in [1.165, 1.54) is 35.0 Å². The van der Waals surface area contributed by atoms with E-state index in [4.69, 9.17) is 14.9 Å². The number of nitrogens with zero attached hydrogens (tertiary/aromatic N) is 3. The smallest absolute Gasteiger partial charge is 0.335 e. The van der Waals surface area contributed by atoms with E-state index in [2.05, 4.69) is 17.0 Å². The molecule has 0 saturated carbocycles. The summed E-state index contributed by atoms with van der Waals surface area (Å²) in [6.45, 7) is 2.13. The number of hydrazone groups is 1. The highest BCUT2D eigenvalue weighted by atomic mass is 32.2. The van der Waals surface area contributed by atoms with Gasteiger partial charge in [-0.25, -0.2) is 4.79 Å². The summed E-state index contributed by atoms with van der Waals surface area (Å²) in [6.07, 6.45) is 5.51. The van der Waals surface area contributed by atoms with E-state index in [0.29, 0.717) is 22.3 Å². The minimum atomic E-state index is -0.998. The number of fused-ring (bicyclic) bond motifs is 1. The van der Waals surface area contributed by atoms with Gasteiger partial charge >= 0.3 is 5.97 Å². The zero-order chi connectivity index (χ0) is 22.0. The summed E-state index contributed by atoms with van der Waals surface area (Å²) in [5.41, 5.74) is 0.993. The third kappa shape index (κ3) is 4.36. The fourth-order valence-electron chi connectivity index (χ4n) is 3.16. The molecule has 0 aliphatic carbocycles. The summed E-state index contributed by atoms with van der Waals surface area (Å²) < 4.78 is 5.79. The Balaban J connectivity index is 1.54. The summed E-state index contributed by atoms with van der Waals surface area (Å²) in [6, 6.07) is 9.71. The molecule has 1 aromatic heterocycles. The van der Waals surface area contributed by atoms with Gasteiger partial charge in [0.2, 0.25) is 5.17 Å². The molecule has 0 radical (unpaired) electrons. The molecular formula is C22H20N4O4S. The van der Waals surface area contributed by atoms with E-state index < -0.39 is 11.9 Å². The van der Waals surface area contributed by atoms with Crippen molar-refractivity contribution in [3.8, 4) is 11.3 Å². The lowest BCUT2D eigenvalue weighted by atomic mass is 10.1. The van der Waals surface area contributed by atoms with Crippen molar-refractivity contribution < 1.29 is 19.1 Å². The van der Waals surface area contributed by atoms with Crippen LogP contribution >= 0.6 is 11.8 Å². The molecule has 2 aliphatic rings. The zero-order valence-electron chi connectivity index (χ0n) is 16.8. The average Bonchev–Trinajstić information content (AvgIpc) is 3.38. The van der Waals surface area contributed by atoms with Gasteiger partial charge in [0.1, 0.15) is 16.6 Å². The number of rotatable bonds is 7. The van der Waals surface area contributed by atoms with Gasteiger partial charge in [0.05, 0.1) is 11.1 Å². The molecule has 0 bridgehead atoms. The number of amides is 1. The highest BCUT2D eigenvalue weighted by Crippen LogP contribution is 2.31. The number of aromatic carboxylic acids is 1. The van der Waals surface area contributed by atoms with Gasteiger partial charge in [0.25, 0.3) is 5.91 Å². The van der Waals surface area contributed by atoms with Crippen LogP contribution < -0.4 is 0 Å². The highest BCUT2D eigenvalue weighted by Gasteiger charge is 2.35. The maximum Gasteiger partial charge on any atom is 0.335 e. The second-order valence-electron chi connectivity index (χ2n) is 7.06. The fraction of sp³-hybridized carbons (Fsp3) is 0.227. The molecule has 158 valence electrons. The van der Waals surface area contributed by atoms with Gasteiger partial charge in [-0.05, 0) is 54.9 Å². The van der Waals surface area contributed by atoms with Gasteiger partial charge in [0, 0.05) is 5.56 Å². The summed E-state index contributed by atoms with van der Waals surface area (Å²) in [7, 11) is 0. The molecule has 0 spiro atoms. The van der Waals surface area contributed by atoms with Crippen molar-refractivity contribution in [1.29, 1.82) is 5.41 Å². The van der Waals surface area contributed by atoms with Gasteiger partial charge in [-0.2, -0.15) is 15.1 Å². The number of benzene rings is 1. The molecule has 1 aromatic carbocycles. The summed E-state index contributed by atoms with van der Waals surface area (Å²) in [5.74, 6) is -0.616. The molecule has 0 fully saturated rings. The zero-order valence-corrected chi connectivity index (χ0v) is 17.6. The van der Waals surface area contributed by atoms with Gasteiger partial charge in [-0.15, -0.1) is 0 Å². The Morgan fingerprint density at radius 3 is 2.71 bits per heavy atom. The van der Waals surface area contributed by atoms with Crippen LogP contribution in [0.5, 0.6) is 0 Å². The Morgan fingerprint density at radius 1 is 1.23 bits per heavy atom. The fourth-order valence-corrected chi connectivity index (χ4v) is 4.09. The lowest BCUT2D eigenvalue weighted by molar-refractivity contribution is -0.114. The van der Waals surface area contributed by atoms with Crippen molar-refractivity contribution in [2.24, 2.45) is 10.1 Å². The van der Waals surface area contributed by atoms with Crippen LogP contribution in [0.25, 0.3) is 17.4 Å². The first kappa shape index (κ1) is 20.8. The van der Waals surface area contributed by atoms with Crippen LogP contribution in [0.4, 0.5) is 0 Å². The Morgan fingerprint density at radius 2 is 2.00 bits per heavy atom. The number of carboxylic acids is 1. The Hall–Kier alpha value is -3.46. The Bertz CT molecular complexity index is 1140. The van der Waals surface area contributed by atoms with Crippen LogP contribution in [-0.2, 0) is 4.79 Å². The number of carbonyl (C=O) groups excluding carboxylic acids is 1. The van der Waals surface area contributed by atoms with Gasteiger partial charge < -0.3 is 9.52 Å². The van der Waals surface area contributed by atoms with Gasteiger partial charge in [-0.1, -0.05) is 31.9 Å². The van der Waals surface area contributed by atoms with Crippen LogP contribution in [-0.4, -0.2) is 38.0 Å². The van der Waals surface area contributed by atoms with E-state index in [0.717, 1.165) is 30.7 Å². The second kappa shape index (κ2) is 8.73. The Labute approximate surface area is 182 Å². The standard InChI is InChI=1S/C22H20N4O4S/c1-2-3-4-5-18-25-26-19(23)16(20(27)24-22(26)31-18)12-15-10-11-17(30-15)13-6-8-14(9-7-13)21(28)29/h6-12,23H,2-5H2,1H3,(H,28,29)/b16-12-,23-19?. The second-order valence-corrected chi connectivity index (χ2v) is 8.10. The molecule has 8 nitrogen and oxygen atoms in total. The van der Waals surface area contributed by atoms with E-state index in [-0.39, 0.29) is 17.0 Å². The van der Waals surface area contributed by atoms with E-state index in [9.17, 15) is 9.59 Å². The molecule has 2 aliphatic heterocycles. The molecule has 0 atom stereocenters. The monoisotopic (exact) mass is 436 g/mol. The number of hydrogen-bond acceptors (Lipinski definition) is 6. The lowest BCUT2D eigenvalue weighted by Gasteiger charge is -2.19. The number of furan rings is 1. The number of hydrogen-bond donors (Lipinski definition) is 2. The SMILES string of the molecule is CCCCCC1=NN2C(=N)/C(=C/c3ccc(-c4ccc(C(=O)O)cc4)o3)C(=O)N=C2S1. The normalized spacial score (nSPS) is 17.1. The molecule has 1 amide bonds. The number of amidine groups is 2. The van der Waals surface area contributed by atoms with E-state index in [1.54, 1.807) is 24.3 Å². The minimum Gasteiger partial charge on any atom is -0.478 e. The van der Waals surface area contributed by atoms with Crippen molar-refractivity contribution in [2.45, 2.75) is 32.6 Å². The lowest BCUT2D eigenvalue weighted by Crippen LogP contribution is -2.35. The summed E-state index contributed by atoms with van der Waals surface area (Å²) in [4.78, 5) is 27.6. The average molecular weight is 436 g/mol. The molecule has 2 aromatic rings. The van der Waals surface area contributed by atoms with Crippen molar-refractivity contribution in [2.75, 3.05) is 0 Å². The maximum atomic E-state index is 12.5. The van der Waals surface area contributed by atoms with Crippen molar-refractivity contribution in [3.05, 3.63) is 53.3 Å². The minimum absolute atomic E-state index is 0.0308. The third-order valence-corrected chi connectivity index (χ3v) is 5.79. The van der Waals surface area contributed by atoms with Crippen LogP contribution in [0.3, 0.4) is 0 Å². The Kier molecular flexibility index (Phi) is 5.85. The predicted molar refractivity (Wildman–Crippen MR) is 120 cm³/mol. The molecule has 4 rings (SSSR count). The number of carbonyl (C=O) groups is 2. The van der Waals surface area contributed by atoms with Crippen molar-refractivity contribution in [3.63, 3.8) is 0 Å². The molecular weight excluding hydrogens is 416 g/mol. The van der Waals surface area contributed by atoms with Crippen molar-refractivity contribution in [1.82, 2.24) is 5.01 Å². The van der Waals surface area contributed by atoms with E-state index in [1.807, 2.05) is 0 Å². The third-order valence-electron chi connectivity index (χ3n) is 4.82. The predicted octanol–water partition coefficient (Wildman–Crippen LogP) is 4.84. The first-order valence-corrected chi connectivity index (χ1v) is 10.7. The first-order valence-electron chi connectivity index (χ1n) is 9.89. The topological polar surface area (TPSA) is 119 Å². The van der Waals surface area contributed by atoms with Crippen molar-refractivity contribution >= 4 is 45.8 Å². The summed E-state index contributed by atoms with van der Waals surface area (Å²) in [5, 5.41) is 24.6. The van der Waals surface area contributed by atoms with Crippen LogP contribution in [0.2, 0.25) is 0 Å². The molecule has 31 heavy (non-hydrogen) atoms.